The molecule has 174 valence electrons. The molecule has 1 aromatic carbocycles. The van der Waals surface area contributed by atoms with Crippen LogP contribution in [0.3, 0.4) is 0 Å². The second-order valence-corrected chi connectivity index (χ2v) is 9.47. The monoisotopic (exact) mass is 531 g/mol. The summed E-state index contributed by atoms with van der Waals surface area (Å²) in [4.78, 5) is 22.0. The number of aryl methyl sites for hydroxylation is 1. The summed E-state index contributed by atoms with van der Waals surface area (Å²) in [5, 5.41) is 5.28. The Morgan fingerprint density at radius 2 is 2.03 bits per heavy atom. The van der Waals surface area contributed by atoms with Crippen molar-refractivity contribution in [1.82, 2.24) is 19.7 Å². The topological polar surface area (TPSA) is 63.5 Å². The van der Waals surface area contributed by atoms with E-state index in [9.17, 15) is 4.79 Å². The molecule has 1 fully saturated rings. The molecule has 0 aliphatic carbocycles. The Bertz CT molecular complexity index is 1180. The van der Waals surface area contributed by atoms with Crippen LogP contribution in [0.5, 0.6) is 5.75 Å². The summed E-state index contributed by atoms with van der Waals surface area (Å²) in [6.45, 7) is 8.28. The Kier molecular flexibility index (Phi) is 6.95. The SMILES string of the molecule is COc1cc(N2CCN(C(=O)Cn3nc(-c4cccc(C)n4)c(Br)c3C)C(C)C2)ccc1Cl. The zero-order valence-electron chi connectivity index (χ0n) is 19.2. The first kappa shape index (κ1) is 23.6. The molecule has 1 aliphatic rings. The summed E-state index contributed by atoms with van der Waals surface area (Å²) in [6, 6.07) is 11.7. The first-order valence-corrected chi connectivity index (χ1v) is 12.0. The summed E-state index contributed by atoms with van der Waals surface area (Å²) in [6.07, 6.45) is 0. The summed E-state index contributed by atoms with van der Waals surface area (Å²) in [7, 11) is 1.61. The van der Waals surface area contributed by atoms with E-state index in [1.807, 2.05) is 55.1 Å². The van der Waals surface area contributed by atoms with Gasteiger partial charge < -0.3 is 14.5 Å². The predicted octanol–water partition coefficient (Wildman–Crippen LogP) is 4.72. The molecule has 1 amide bonds. The number of piperazine rings is 1. The average molecular weight is 533 g/mol. The van der Waals surface area contributed by atoms with Gasteiger partial charge in [0, 0.05) is 43.1 Å². The average Bonchev–Trinajstić information content (AvgIpc) is 3.07. The maximum atomic E-state index is 13.2. The number of carbonyl (C=O) groups is 1. The Labute approximate surface area is 207 Å². The van der Waals surface area contributed by atoms with Gasteiger partial charge in [-0.3, -0.25) is 14.5 Å². The van der Waals surface area contributed by atoms with Gasteiger partial charge in [0.25, 0.3) is 0 Å². The number of hydrogen-bond donors (Lipinski definition) is 0. The molecule has 0 spiro atoms. The molecule has 0 N–H and O–H groups in total. The number of pyridine rings is 1. The molecule has 3 heterocycles. The largest absolute Gasteiger partial charge is 0.495 e. The number of aromatic nitrogens is 3. The molecule has 0 bridgehead atoms. The zero-order valence-corrected chi connectivity index (χ0v) is 21.5. The van der Waals surface area contributed by atoms with Crippen molar-refractivity contribution in [2.75, 3.05) is 31.6 Å². The molecule has 4 rings (SSSR count). The number of nitrogens with zero attached hydrogens (tertiary/aromatic N) is 5. The van der Waals surface area contributed by atoms with Crippen LogP contribution < -0.4 is 9.64 Å². The number of methoxy groups -OCH3 is 1. The minimum Gasteiger partial charge on any atom is -0.495 e. The van der Waals surface area contributed by atoms with Crippen LogP contribution >= 0.6 is 27.5 Å². The van der Waals surface area contributed by atoms with E-state index in [1.165, 1.54) is 0 Å². The molecule has 1 atom stereocenters. The van der Waals surface area contributed by atoms with Crippen molar-refractivity contribution >= 4 is 39.1 Å². The van der Waals surface area contributed by atoms with Crippen LogP contribution in [0.1, 0.15) is 18.3 Å². The van der Waals surface area contributed by atoms with Crippen molar-refractivity contribution in [2.24, 2.45) is 0 Å². The van der Waals surface area contributed by atoms with E-state index in [-0.39, 0.29) is 18.5 Å². The Morgan fingerprint density at radius 3 is 2.73 bits per heavy atom. The maximum absolute atomic E-state index is 13.2. The number of hydrogen-bond acceptors (Lipinski definition) is 5. The van der Waals surface area contributed by atoms with Crippen LogP contribution in [0.25, 0.3) is 11.4 Å². The fraction of sp³-hybridized carbons (Fsp3) is 0.375. The van der Waals surface area contributed by atoms with Gasteiger partial charge >= 0.3 is 0 Å². The molecular weight excluding hydrogens is 506 g/mol. The van der Waals surface area contributed by atoms with Crippen molar-refractivity contribution < 1.29 is 9.53 Å². The first-order chi connectivity index (χ1) is 15.8. The summed E-state index contributed by atoms with van der Waals surface area (Å²) in [5.41, 5.74) is 4.40. The molecule has 3 aromatic rings. The van der Waals surface area contributed by atoms with E-state index in [4.69, 9.17) is 21.4 Å². The molecule has 0 saturated carbocycles. The van der Waals surface area contributed by atoms with Crippen molar-refractivity contribution in [3.63, 3.8) is 0 Å². The summed E-state index contributed by atoms with van der Waals surface area (Å²) < 4.78 is 7.97. The molecule has 7 nitrogen and oxygen atoms in total. The molecule has 1 aliphatic heterocycles. The lowest BCUT2D eigenvalue weighted by molar-refractivity contribution is -0.134. The lowest BCUT2D eigenvalue weighted by atomic mass is 10.1. The highest BCUT2D eigenvalue weighted by Gasteiger charge is 2.29. The standard InChI is InChI=1S/C24H27BrClN5O2/c1-15-6-5-7-20(27-15)24-23(25)17(3)31(28-24)14-22(32)30-11-10-29(13-16(30)2)18-8-9-19(26)21(12-18)33-4/h5-9,12,16H,10-11,13-14H2,1-4H3. The van der Waals surface area contributed by atoms with E-state index in [0.29, 0.717) is 17.3 Å². The fourth-order valence-electron chi connectivity index (χ4n) is 4.14. The summed E-state index contributed by atoms with van der Waals surface area (Å²) in [5.74, 6) is 0.705. The third-order valence-corrected chi connectivity index (χ3v) is 7.26. The van der Waals surface area contributed by atoms with E-state index in [0.717, 1.165) is 46.0 Å². The molecule has 9 heteroatoms. The quantitative estimate of drug-likeness (QED) is 0.476. The van der Waals surface area contributed by atoms with Gasteiger partial charge in [-0.1, -0.05) is 17.7 Å². The Morgan fingerprint density at radius 1 is 1.24 bits per heavy atom. The lowest BCUT2D eigenvalue weighted by Gasteiger charge is -2.41. The van der Waals surface area contributed by atoms with E-state index in [1.54, 1.807) is 11.8 Å². The van der Waals surface area contributed by atoms with Gasteiger partial charge in [-0.05, 0) is 61.0 Å². The van der Waals surface area contributed by atoms with Crippen molar-refractivity contribution in [3.8, 4) is 17.1 Å². The van der Waals surface area contributed by atoms with Crippen LogP contribution in [0.15, 0.2) is 40.9 Å². The number of amides is 1. The van der Waals surface area contributed by atoms with Crippen LogP contribution in [-0.2, 0) is 11.3 Å². The van der Waals surface area contributed by atoms with Gasteiger partial charge in [0.15, 0.2) is 0 Å². The highest BCUT2D eigenvalue weighted by atomic mass is 79.9. The molecule has 2 aromatic heterocycles. The van der Waals surface area contributed by atoms with Gasteiger partial charge in [-0.2, -0.15) is 5.10 Å². The van der Waals surface area contributed by atoms with Gasteiger partial charge in [-0.15, -0.1) is 0 Å². The van der Waals surface area contributed by atoms with Crippen molar-refractivity contribution in [2.45, 2.75) is 33.4 Å². The van der Waals surface area contributed by atoms with Gasteiger partial charge in [-0.25, -0.2) is 0 Å². The second kappa shape index (κ2) is 9.73. The van der Waals surface area contributed by atoms with Gasteiger partial charge in [0.05, 0.1) is 28.0 Å². The van der Waals surface area contributed by atoms with Crippen LogP contribution in [0.4, 0.5) is 5.69 Å². The molecule has 33 heavy (non-hydrogen) atoms. The number of benzene rings is 1. The van der Waals surface area contributed by atoms with E-state index < -0.39 is 0 Å². The molecular formula is C24H27BrClN5O2. The van der Waals surface area contributed by atoms with Crippen LogP contribution in [0.2, 0.25) is 5.02 Å². The van der Waals surface area contributed by atoms with E-state index >= 15 is 0 Å². The number of rotatable bonds is 5. The minimum absolute atomic E-state index is 0.0534. The number of anilines is 1. The number of ether oxygens (including phenoxy) is 1. The Hall–Kier alpha value is -2.58. The van der Waals surface area contributed by atoms with Gasteiger partial charge in [0.1, 0.15) is 18.0 Å². The highest BCUT2D eigenvalue weighted by molar-refractivity contribution is 9.10. The van der Waals surface area contributed by atoms with E-state index in [2.05, 4.69) is 32.7 Å². The highest BCUT2D eigenvalue weighted by Crippen LogP contribution is 2.31. The molecule has 1 unspecified atom stereocenters. The molecule has 0 radical (unpaired) electrons. The smallest absolute Gasteiger partial charge is 0.244 e. The third kappa shape index (κ3) is 4.87. The predicted molar refractivity (Wildman–Crippen MR) is 134 cm³/mol. The van der Waals surface area contributed by atoms with Crippen molar-refractivity contribution in [3.05, 3.63) is 57.3 Å². The lowest BCUT2D eigenvalue weighted by Crippen LogP contribution is -2.54. The fourth-order valence-corrected chi connectivity index (χ4v) is 4.83. The number of halogens is 2. The Balaban J connectivity index is 1.46. The second-order valence-electron chi connectivity index (χ2n) is 8.27. The van der Waals surface area contributed by atoms with Gasteiger partial charge in [0.2, 0.25) is 5.91 Å². The first-order valence-electron chi connectivity index (χ1n) is 10.8. The minimum atomic E-state index is 0.0534. The summed E-state index contributed by atoms with van der Waals surface area (Å²) >= 11 is 9.80. The normalized spacial score (nSPS) is 16.2. The van der Waals surface area contributed by atoms with Crippen LogP contribution in [0, 0.1) is 13.8 Å². The van der Waals surface area contributed by atoms with Crippen LogP contribution in [-0.4, -0.2) is 58.4 Å². The van der Waals surface area contributed by atoms with Crippen molar-refractivity contribution in [1.29, 1.82) is 0 Å². The maximum Gasteiger partial charge on any atom is 0.244 e. The molecule has 1 saturated heterocycles. The number of carbonyl (C=O) groups excluding carboxylic acids is 1. The zero-order chi connectivity index (χ0) is 23.7. The third-order valence-electron chi connectivity index (χ3n) is 6.00.